The van der Waals surface area contributed by atoms with Crippen molar-refractivity contribution in [2.75, 3.05) is 25.0 Å². The van der Waals surface area contributed by atoms with Gasteiger partial charge in [-0.25, -0.2) is 9.18 Å². The topological polar surface area (TPSA) is 61.4 Å². The number of piperidine rings is 1. The fourth-order valence-corrected chi connectivity index (χ4v) is 2.98. The Morgan fingerprint density at radius 3 is 2.83 bits per heavy atom. The number of nitrogens with one attached hydrogen (secondary N) is 2. The molecule has 1 atom stereocenters. The van der Waals surface area contributed by atoms with E-state index in [1.807, 2.05) is 13.8 Å². The van der Waals surface area contributed by atoms with Crippen LogP contribution >= 0.6 is 15.9 Å². The third-order valence-electron chi connectivity index (χ3n) is 4.07. The number of hydrogen-bond donors (Lipinski definition) is 2. The summed E-state index contributed by atoms with van der Waals surface area (Å²) in [5.41, 5.74) is 0.165. The van der Waals surface area contributed by atoms with Crippen LogP contribution in [0.25, 0.3) is 0 Å². The fraction of sp³-hybridized carbons (Fsp3) is 0.529. The summed E-state index contributed by atoms with van der Waals surface area (Å²) in [5.74, 6) is -0.278. The van der Waals surface area contributed by atoms with Crippen LogP contribution in [0.5, 0.6) is 0 Å². The van der Waals surface area contributed by atoms with Crippen LogP contribution in [-0.2, 0) is 4.79 Å². The van der Waals surface area contributed by atoms with Crippen molar-refractivity contribution in [3.63, 3.8) is 0 Å². The number of anilines is 1. The molecule has 1 aromatic rings. The standard InChI is InChI=1S/C17H23BrFN3O2/c1-11(2)16(23)20-9-12-4-3-7-22(10-12)17(24)21-15-6-5-13(18)8-14(15)19/h5-6,8,11-12H,3-4,7,9-10H2,1-2H3,(H,20,23)(H,21,24). The molecule has 132 valence electrons. The van der Waals surface area contributed by atoms with Gasteiger partial charge in [-0.3, -0.25) is 4.79 Å². The van der Waals surface area contributed by atoms with Crippen LogP contribution in [0.15, 0.2) is 22.7 Å². The molecule has 1 fully saturated rings. The highest BCUT2D eigenvalue weighted by Gasteiger charge is 2.24. The SMILES string of the molecule is CC(C)C(=O)NCC1CCCN(C(=O)Nc2ccc(Br)cc2F)C1. The molecule has 1 aromatic carbocycles. The first-order chi connectivity index (χ1) is 11.4. The lowest BCUT2D eigenvalue weighted by molar-refractivity contribution is -0.124. The summed E-state index contributed by atoms with van der Waals surface area (Å²) in [7, 11) is 0. The number of benzene rings is 1. The average Bonchev–Trinajstić information content (AvgIpc) is 2.55. The molecule has 5 nitrogen and oxygen atoms in total. The summed E-state index contributed by atoms with van der Waals surface area (Å²) in [4.78, 5) is 25.7. The van der Waals surface area contributed by atoms with E-state index in [0.717, 1.165) is 12.8 Å². The molecule has 1 aliphatic rings. The second-order valence-electron chi connectivity index (χ2n) is 6.41. The molecule has 0 spiro atoms. The number of rotatable bonds is 4. The Balaban J connectivity index is 1.89. The lowest BCUT2D eigenvalue weighted by atomic mass is 9.98. The Hall–Kier alpha value is -1.63. The van der Waals surface area contributed by atoms with Gasteiger partial charge in [-0.15, -0.1) is 0 Å². The first-order valence-corrected chi connectivity index (χ1v) is 8.94. The fourth-order valence-electron chi connectivity index (χ4n) is 2.65. The number of nitrogens with zero attached hydrogens (tertiary/aromatic N) is 1. The lowest BCUT2D eigenvalue weighted by Crippen LogP contribution is -2.45. The molecule has 7 heteroatoms. The van der Waals surface area contributed by atoms with Crippen LogP contribution in [0.2, 0.25) is 0 Å². The first-order valence-electron chi connectivity index (χ1n) is 8.15. The maximum absolute atomic E-state index is 13.8. The summed E-state index contributed by atoms with van der Waals surface area (Å²) in [6.45, 7) is 5.46. The van der Waals surface area contributed by atoms with E-state index in [1.54, 1.807) is 11.0 Å². The highest BCUT2D eigenvalue weighted by Crippen LogP contribution is 2.21. The molecule has 0 saturated carbocycles. The van der Waals surface area contributed by atoms with E-state index in [-0.39, 0.29) is 29.5 Å². The monoisotopic (exact) mass is 399 g/mol. The quantitative estimate of drug-likeness (QED) is 0.812. The van der Waals surface area contributed by atoms with Gasteiger partial charge in [0.15, 0.2) is 0 Å². The van der Waals surface area contributed by atoms with Crippen LogP contribution in [0.3, 0.4) is 0 Å². The average molecular weight is 400 g/mol. The van der Waals surface area contributed by atoms with Gasteiger partial charge in [-0.05, 0) is 37.0 Å². The highest BCUT2D eigenvalue weighted by atomic mass is 79.9. The van der Waals surface area contributed by atoms with Gasteiger partial charge in [0.05, 0.1) is 5.69 Å². The Morgan fingerprint density at radius 1 is 1.42 bits per heavy atom. The van der Waals surface area contributed by atoms with Gasteiger partial charge in [0.2, 0.25) is 5.91 Å². The zero-order valence-corrected chi connectivity index (χ0v) is 15.5. The number of carbonyl (C=O) groups is 2. The molecule has 24 heavy (non-hydrogen) atoms. The van der Waals surface area contributed by atoms with Crippen molar-refractivity contribution >= 4 is 33.6 Å². The van der Waals surface area contributed by atoms with E-state index in [1.165, 1.54) is 12.1 Å². The van der Waals surface area contributed by atoms with Gasteiger partial charge in [0, 0.05) is 30.0 Å². The molecule has 0 bridgehead atoms. The second-order valence-corrected chi connectivity index (χ2v) is 7.32. The summed E-state index contributed by atoms with van der Waals surface area (Å²) in [6, 6.07) is 4.22. The van der Waals surface area contributed by atoms with E-state index < -0.39 is 5.82 Å². The predicted octanol–water partition coefficient (Wildman–Crippen LogP) is 3.60. The predicted molar refractivity (Wildman–Crippen MR) is 95.3 cm³/mol. The number of likely N-dealkylation sites (tertiary alicyclic amines) is 1. The lowest BCUT2D eigenvalue weighted by Gasteiger charge is -2.33. The summed E-state index contributed by atoms with van der Waals surface area (Å²) in [5, 5.41) is 5.53. The molecule has 0 radical (unpaired) electrons. The summed E-state index contributed by atoms with van der Waals surface area (Å²) < 4.78 is 14.5. The van der Waals surface area contributed by atoms with Gasteiger partial charge in [0.1, 0.15) is 5.82 Å². The smallest absolute Gasteiger partial charge is 0.321 e. The Morgan fingerprint density at radius 2 is 2.17 bits per heavy atom. The Labute approximate surface area is 150 Å². The maximum Gasteiger partial charge on any atom is 0.321 e. The molecular weight excluding hydrogens is 377 g/mol. The van der Waals surface area contributed by atoms with E-state index in [4.69, 9.17) is 0 Å². The van der Waals surface area contributed by atoms with Gasteiger partial charge in [-0.2, -0.15) is 0 Å². The molecule has 1 aliphatic heterocycles. The number of urea groups is 1. The number of hydrogen-bond acceptors (Lipinski definition) is 2. The second kappa shape index (κ2) is 8.46. The Bertz CT molecular complexity index is 609. The number of amides is 3. The van der Waals surface area contributed by atoms with E-state index >= 15 is 0 Å². The van der Waals surface area contributed by atoms with Crippen molar-refractivity contribution in [2.24, 2.45) is 11.8 Å². The number of carbonyl (C=O) groups excluding carboxylic acids is 2. The zero-order chi connectivity index (χ0) is 17.7. The molecule has 0 aromatic heterocycles. The molecular formula is C17H23BrFN3O2. The molecule has 1 unspecified atom stereocenters. The van der Waals surface area contributed by atoms with Crippen LogP contribution in [0.1, 0.15) is 26.7 Å². The molecule has 0 aliphatic carbocycles. The largest absolute Gasteiger partial charge is 0.356 e. The third kappa shape index (κ3) is 5.19. The third-order valence-corrected chi connectivity index (χ3v) is 4.56. The van der Waals surface area contributed by atoms with Crippen molar-refractivity contribution in [1.29, 1.82) is 0 Å². The number of halogens is 2. The van der Waals surface area contributed by atoms with Crippen LogP contribution in [0.4, 0.5) is 14.9 Å². The van der Waals surface area contributed by atoms with Crippen LogP contribution in [-0.4, -0.2) is 36.5 Å². The van der Waals surface area contributed by atoms with Crippen molar-refractivity contribution < 1.29 is 14.0 Å². The minimum Gasteiger partial charge on any atom is -0.356 e. The molecule has 1 heterocycles. The van der Waals surface area contributed by atoms with E-state index in [0.29, 0.717) is 24.1 Å². The van der Waals surface area contributed by atoms with Crippen molar-refractivity contribution in [3.05, 3.63) is 28.5 Å². The minimum absolute atomic E-state index is 0.0218. The van der Waals surface area contributed by atoms with Crippen LogP contribution < -0.4 is 10.6 Å². The maximum atomic E-state index is 13.8. The van der Waals surface area contributed by atoms with E-state index in [2.05, 4.69) is 26.6 Å². The van der Waals surface area contributed by atoms with Crippen LogP contribution in [0, 0.1) is 17.7 Å². The molecule has 1 saturated heterocycles. The summed E-state index contributed by atoms with van der Waals surface area (Å²) in [6.07, 6.45) is 1.84. The van der Waals surface area contributed by atoms with Gasteiger partial charge in [0.25, 0.3) is 0 Å². The van der Waals surface area contributed by atoms with E-state index in [9.17, 15) is 14.0 Å². The molecule has 2 rings (SSSR count). The minimum atomic E-state index is -0.476. The molecule has 3 amide bonds. The normalized spacial score (nSPS) is 17.7. The van der Waals surface area contributed by atoms with Crippen molar-refractivity contribution in [3.8, 4) is 0 Å². The van der Waals surface area contributed by atoms with Crippen molar-refractivity contribution in [2.45, 2.75) is 26.7 Å². The highest BCUT2D eigenvalue weighted by molar-refractivity contribution is 9.10. The first kappa shape index (κ1) is 18.7. The van der Waals surface area contributed by atoms with Gasteiger partial charge >= 0.3 is 6.03 Å². The molecule has 2 N–H and O–H groups in total. The summed E-state index contributed by atoms with van der Waals surface area (Å²) >= 11 is 3.19. The van der Waals surface area contributed by atoms with Crippen molar-refractivity contribution in [1.82, 2.24) is 10.2 Å². The van der Waals surface area contributed by atoms with Gasteiger partial charge < -0.3 is 15.5 Å². The zero-order valence-electron chi connectivity index (χ0n) is 13.9. The Kier molecular flexibility index (Phi) is 6.60. The van der Waals surface area contributed by atoms with Gasteiger partial charge in [-0.1, -0.05) is 29.8 Å².